The number of ether oxygens (including phenoxy) is 1. The van der Waals surface area contributed by atoms with Gasteiger partial charge in [0.1, 0.15) is 0 Å². The molecular formula is C37H38O2. The smallest absolute Gasteiger partial charge is 0.331 e. The Kier molecular flexibility index (Phi) is 6.42. The summed E-state index contributed by atoms with van der Waals surface area (Å²) in [7, 11) is 0. The van der Waals surface area contributed by atoms with Crippen LogP contribution in [-0.2, 0) is 26.0 Å². The molecule has 0 aliphatic heterocycles. The summed E-state index contributed by atoms with van der Waals surface area (Å²) in [6.45, 7) is 19.0. The Morgan fingerprint density at radius 1 is 0.641 bits per heavy atom. The molecule has 4 aromatic rings. The minimum atomic E-state index is -0.932. The van der Waals surface area contributed by atoms with Gasteiger partial charge in [-0.25, -0.2) is 4.79 Å². The zero-order valence-electron chi connectivity index (χ0n) is 24.2. The lowest BCUT2D eigenvalue weighted by Gasteiger charge is -2.28. The van der Waals surface area contributed by atoms with Crippen LogP contribution in [0.25, 0.3) is 33.4 Å². The first-order chi connectivity index (χ1) is 18.3. The number of hydrogen-bond donors (Lipinski definition) is 0. The van der Waals surface area contributed by atoms with E-state index >= 15 is 0 Å². The highest BCUT2D eigenvalue weighted by molar-refractivity contribution is 5.88. The molecule has 0 spiro atoms. The minimum Gasteiger partial charge on any atom is -0.446 e. The molecule has 0 bridgehead atoms. The van der Waals surface area contributed by atoms with Crippen LogP contribution in [0, 0.1) is 0 Å². The fourth-order valence-corrected chi connectivity index (χ4v) is 5.53. The van der Waals surface area contributed by atoms with Crippen molar-refractivity contribution in [1.82, 2.24) is 0 Å². The van der Waals surface area contributed by atoms with E-state index in [4.69, 9.17) is 4.74 Å². The number of rotatable bonds is 4. The van der Waals surface area contributed by atoms with Crippen molar-refractivity contribution < 1.29 is 9.53 Å². The highest BCUT2D eigenvalue weighted by Crippen LogP contribution is 2.51. The second-order valence-corrected chi connectivity index (χ2v) is 12.8. The van der Waals surface area contributed by atoms with E-state index in [0.29, 0.717) is 0 Å². The van der Waals surface area contributed by atoms with Gasteiger partial charge in [-0.2, -0.15) is 0 Å². The van der Waals surface area contributed by atoms with Gasteiger partial charge in [0.15, 0.2) is 5.60 Å². The Hall–Kier alpha value is -3.91. The molecule has 0 saturated heterocycles. The van der Waals surface area contributed by atoms with Crippen LogP contribution in [0.15, 0.2) is 97.6 Å². The van der Waals surface area contributed by atoms with Crippen molar-refractivity contribution in [2.24, 2.45) is 0 Å². The van der Waals surface area contributed by atoms with E-state index < -0.39 is 11.6 Å². The summed E-state index contributed by atoms with van der Waals surface area (Å²) in [5.74, 6) is -0.434. The third-order valence-corrected chi connectivity index (χ3v) is 8.00. The van der Waals surface area contributed by atoms with Gasteiger partial charge in [0, 0.05) is 17.2 Å². The molecule has 4 aromatic carbocycles. The first-order valence-electron chi connectivity index (χ1n) is 13.7. The summed E-state index contributed by atoms with van der Waals surface area (Å²) in [4.78, 5) is 12.6. The molecule has 0 saturated carbocycles. The van der Waals surface area contributed by atoms with Crippen LogP contribution < -0.4 is 0 Å². The Balaban J connectivity index is 1.60. The maximum atomic E-state index is 12.6. The number of esters is 1. The average molecular weight is 515 g/mol. The van der Waals surface area contributed by atoms with Crippen molar-refractivity contribution in [3.63, 3.8) is 0 Å². The van der Waals surface area contributed by atoms with E-state index in [1.54, 1.807) is 0 Å². The third kappa shape index (κ3) is 4.85. The molecule has 0 aromatic heterocycles. The molecule has 1 aliphatic rings. The number of fused-ring (bicyclic) bond motifs is 3. The standard InChI is InChI=1S/C37H38O2/c1-9-34(38)39-37(8)32-22-26(24-10-16-28(17-11-24)35(2,3)4)14-20-30(32)31-21-15-27(23-33(31)37)25-12-18-29(19-13-25)36(5,6)7/h9-23H,1H2,2-8H3. The van der Waals surface area contributed by atoms with Gasteiger partial charge in [-0.1, -0.05) is 121 Å². The molecule has 0 radical (unpaired) electrons. The third-order valence-electron chi connectivity index (χ3n) is 8.00. The van der Waals surface area contributed by atoms with E-state index in [1.807, 2.05) is 6.92 Å². The summed E-state index contributed by atoms with van der Waals surface area (Å²) in [5.41, 5.74) is 10.5. The topological polar surface area (TPSA) is 26.3 Å². The summed E-state index contributed by atoms with van der Waals surface area (Å²) in [6, 6.07) is 30.5. The lowest BCUT2D eigenvalue weighted by molar-refractivity contribution is -0.148. The molecule has 198 valence electrons. The van der Waals surface area contributed by atoms with Crippen molar-refractivity contribution in [3.05, 3.63) is 120 Å². The Morgan fingerprint density at radius 3 is 1.33 bits per heavy atom. The molecule has 0 fully saturated rings. The van der Waals surface area contributed by atoms with E-state index in [0.717, 1.165) is 44.5 Å². The van der Waals surface area contributed by atoms with Gasteiger partial charge in [0.2, 0.25) is 0 Å². The van der Waals surface area contributed by atoms with Crippen LogP contribution in [0.1, 0.15) is 70.7 Å². The van der Waals surface area contributed by atoms with Gasteiger partial charge in [-0.15, -0.1) is 0 Å². The predicted octanol–water partition coefficient (Wildman–Crippen LogP) is 9.59. The number of benzene rings is 4. The Morgan fingerprint density at radius 2 is 1.00 bits per heavy atom. The lowest BCUT2D eigenvalue weighted by atomic mass is 9.85. The van der Waals surface area contributed by atoms with Crippen molar-refractivity contribution in [1.29, 1.82) is 0 Å². The molecule has 2 nitrogen and oxygen atoms in total. The Bertz CT molecular complexity index is 1450. The monoisotopic (exact) mass is 514 g/mol. The van der Waals surface area contributed by atoms with Crippen molar-refractivity contribution in [2.75, 3.05) is 0 Å². The van der Waals surface area contributed by atoms with Crippen LogP contribution in [0.2, 0.25) is 0 Å². The van der Waals surface area contributed by atoms with Crippen molar-refractivity contribution in [2.45, 2.75) is 64.9 Å². The van der Waals surface area contributed by atoms with E-state index in [-0.39, 0.29) is 10.8 Å². The van der Waals surface area contributed by atoms with Gasteiger partial charge >= 0.3 is 5.97 Å². The highest BCUT2D eigenvalue weighted by atomic mass is 16.6. The number of carbonyl (C=O) groups is 1. The molecule has 0 N–H and O–H groups in total. The molecule has 0 atom stereocenters. The second-order valence-electron chi connectivity index (χ2n) is 12.8. The molecule has 0 heterocycles. The van der Waals surface area contributed by atoms with Crippen molar-refractivity contribution in [3.8, 4) is 33.4 Å². The van der Waals surface area contributed by atoms with E-state index in [2.05, 4.69) is 133 Å². The summed E-state index contributed by atoms with van der Waals surface area (Å²) in [6.07, 6.45) is 1.24. The molecule has 2 heteroatoms. The first kappa shape index (κ1) is 26.7. The minimum absolute atomic E-state index is 0.0976. The quantitative estimate of drug-likeness (QED) is 0.200. The summed E-state index contributed by atoms with van der Waals surface area (Å²) >= 11 is 0. The molecule has 0 unspecified atom stereocenters. The van der Waals surface area contributed by atoms with Gasteiger partial charge in [-0.05, 0) is 74.4 Å². The van der Waals surface area contributed by atoms with Gasteiger partial charge in [-0.3, -0.25) is 0 Å². The molecule has 0 amide bonds. The van der Waals surface area contributed by atoms with Crippen LogP contribution in [-0.4, -0.2) is 5.97 Å². The maximum Gasteiger partial charge on any atom is 0.331 e. The largest absolute Gasteiger partial charge is 0.446 e. The van der Waals surface area contributed by atoms with Gasteiger partial charge in [0.05, 0.1) is 0 Å². The summed E-state index contributed by atoms with van der Waals surface area (Å²) < 4.78 is 6.15. The SMILES string of the molecule is C=CC(=O)OC1(C)c2cc(-c3ccc(C(C)(C)C)cc3)ccc2-c2ccc(-c3ccc(C(C)(C)C)cc3)cc21. The summed E-state index contributed by atoms with van der Waals surface area (Å²) in [5, 5.41) is 0. The lowest BCUT2D eigenvalue weighted by Crippen LogP contribution is -2.27. The number of carbonyl (C=O) groups excluding carboxylic acids is 1. The molecule has 5 rings (SSSR count). The van der Waals surface area contributed by atoms with Crippen LogP contribution in [0.4, 0.5) is 0 Å². The first-order valence-corrected chi connectivity index (χ1v) is 13.7. The molecular weight excluding hydrogens is 476 g/mol. The number of hydrogen-bond acceptors (Lipinski definition) is 2. The fraction of sp³-hybridized carbons (Fsp3) is 0.270. The average Bonchev–Trinajstić information content (AvgIpc) is 3.14. The van der Waals surface area contributed by atoms with Gasteiger partial charge < -0.3 is 4.74 Å². The molecule has 1 aliphatic carbocycles. The molecule has 39 heavy (non-hydrogen) atoms. The van der Waals surface area contributed by atoms with Crippen LogP contribution in [0.5, 0.6) is 0 Å². The van der Waals surface area contributed by atoms with E-state index in [9.17, 15) is 4.79 Å². The zero-order valence-corrected chi connectivity index (χ0v) is 24.2. The second kappa shape index (κ2) is 9.38. The van der Waals surface area contributed by atoms with Crippen LogP contribution >= 0.6 is 0 Å². The van der Waals surface area contributed by atoms with Crippen LogP contribution in [0.3, 0.4) is 0 Å². The van der Waals surface area contributed by atoms with Crippen molar-refractivity contribution >= 4 is 5.97 Å². The highest BCUT2D eigenvalue weighted by Gasteiger charge is 2.43. The Labute approximate surface area is 233 Å². The normalized spacial score (nSPS) is 13.9. The van der Waals surface area contributed by atoms with E-state index in [1.165, 1.54) is 17.2 Å². The fourth-order valence-electron chi connectivity index (χ4n) is 5.53. The van der Waals surface area contributed by atoms with Gasteiger partial charge in [0.25, 0.3) is 0 Å². The predicted molar refractivity (Wildman–Crippen MR) is 163 cm³/mol. The maximum absolute atomic E-state index is 12.6. The zero-order chi connectivity index (χ0) is 28.2.